The van der Waals surface area contributed by atoms with E-state index in [0.717, 1.165) is 28.0 Å². The summed E-state index contributed by atoms with van der Waals surface area (Å²) in [6.07, 6.45) is 2.48. The topological polar surface area (TPSA) is 29.9 Å². The molecular weight excluding hydrogens is 280 g/mol. The Bertz CT molecular complexity index is 656. The van der Waals surface area contributed by atoms with Crippen molar-refractivity contribution in [2.75, 3.05) is 0 Å². The highest BCUT2D eigenvalue weighted by molar-refractivity contribution is 7.71. The molecule has 21 heavy (non-hydrogen) atoms. The fourth-order valence-corrected chi connectivity index (χ4v) is 3.15. The van der Waals surface area contributed by atoms with Crippen LogP contribution in [0, 0.1) is 10.7 Å². The number of hydrogen-bond donors (Lipinski definition) is 1. The Morgan fingerprint density at radius 3 is 2.57 bits per heavy atom. The first kappa shape index (κ1) is 16.1. The van der Waals surface area contributed by atoms with Gasteiger partial charge in [-0.15, -0.1) is 0 Å². The van der Waals surface area contributed by atoms with Crippen LogP contribution in [0.1, 0.15) is 53.5 Å². The molecule has 1 N–H and O–H groups in total. The van der Waals surface area contributed by atoms with Gasteiger partial charge in [0.2, 0.25) is 0 Å². The zero-order valence-electron chi connectivity index (χ0n) is 13.6. The molecule has 1 heterocycles. The standard InChI is InChI=1S/C17H26N2OS/c1-6-12(4)10-13(5)19-14-8-7-9-15(20-11(2)3)16(14)18-17(19)21/h7-9,11-13H,6,10H2,1-5H3,(H,18,21). The van der Waals surface area contributed by atoms with Crippen LogP contribution < -0.4 is 4.74 Å². The summed E-state index contributed by atoms with van der Waals surface area (Å²) >= 11 is 5.54. The third kappa shape index (κ3) is 3.49. The largest absolute Gasteiger partial charge is 0.489 e. The number of benzene rings is 1. The molecule has 1 aromatic heterocycles. The molecule has 0 radical (unpaired) electrons. The van der Waals surface area contributed by atoms with Crippen LogP contribution in [0.3, 0.4) is 0 Å². The Morgan fingerprint density at radius 1 is 1.24 bits per heavy atom. The fraction of sp³-hybridized carbons (Fsp3) is 0.588. The SMILES string of the molecule is CCC(C)CC(C)n1c(=S)[nH]c2c(OC(C)C)cccc21. The van der Waals surface area contributed by atoms with E-state index in [0.29, 0.717) is 12.0 Å². The first-order valence-corrected chi connectivity index (χ1v) is 8.24. The number of aromatic nitrogens is 2. The van der Waals surface area contributed by atoms with E-state index in [2.05, 4.69) is 36.4 Å². The maximum atomic E-state index is 5.89. The van der Waals surface area contributed by atoms with Crippen LogP contribution in [0.25, 0.3) is 11.0 Å². The van der Waals surface area contributed by atoms with E-state index in [-0.39, 0.29) is 6.10 Å². The molecule has 1 aromatic carbocycles. The Morgan fingerprint density at radius 2 is 1.95 bits per heavy atom. The number of nitrogens with zero attached hydrogens (tertiary/aromatic N) is 1. The van der Waals surface area contributed by atoms with Crippen LogP contribution in [-0.2, 0) is 0 Å². The van der Waals surface area contributed by atoms with Crippen molar-refractivity contribution in [1.29, 1.82) is 0 Å². The van der Waals surface area contributed by atoms with Crippen LogP contribution in [0.4, 0.5) is 0 Å². The number of nitrogens with one attached hydrogen (secondary N) is 1. The molecule has 0 bridgehead atoms. The van der Waals surface area contributed by atoms with Crippen molar-refractivity contribution in [2.24, 2.45) is 5.92 Å². The zero-order valence-corrected chi connectivity index (χ0v) is 14.5. The van der Waals surface area contributed by atoms with E-state index in [9.17, 15) is 0 Å². The van der Waals surface area contributed by atoms with Gasteiger partial charge in [0.05, 0.1) is 11.6 Å². The number of para-hydroxylation sites is 1. The lowest BCUT2D eigenvalue weighted by Gasteiger charge is -2.18. The summed E-state index contributed by atoms with van der Waals surface area (Å²) in [7, 11) is 0. The van der Waals surface area contributed by atoms with Gasteiger partial charge in [0.15, 0.2) is 4.77 Å². The van der Waals surface area contributed by atoms with Crippen LogP contribution in [0.15, 0.2) is 18.2 Å². The van der Waals surface area contributed by atoms with Gasteiger partial charge in [-0.1, -0.05) is 26.3 Å². The number of aromatic amines is 1. The Labute approximate surface area is 132 Å². The second-order valence-corrected chi connectivity index (χ2v) is 6.60. The third-order valence-corrected chi connectivity index (χ3v) is 4.26. The van der Waals surface area contributed by atoms with Crippen molar-refractivity contribution in [3.63, 3.8) is 0 Å². The first-order chi connectivity index (χ1) is 9.93. The Balaban J connectivity index is 2.46. The van der Waals surface area contributed by atoms with Crippen molar-refractivity contribution < 1.29 is 4.74 Å². The van der Waals surface area contributed by atoms with Gasteiger partial charge < -0.3 is 14.3 Å². The second-order valence-electron chi connectivity index (χ2n) is 6.22. The molecule has 4 heteroatoms. The second kappa shape index (κ2) is 6.65. The monoisotopic (exact) mass is 306 g/mol. The quantitative estimate of drug-likeness (QED) is 0.716. The summed E-state index contributed by atoms with van der Waals surface area (Å²) < 4.78 is 8.89. The van der Waals surface area contributed by atoms with Gasteiger partial charge in [0.1, 0.15) is 11.3 Å². The highest BCUT2D eigenvalue weighted by atomic mass is 32.1. The molecule has 0 fully saturated rings. The highest BCUT2D eigenvalue weighted by Gasteiger charge is 2.16. The molecule has 0 saturated carbocycles. The average Bonchev–Trinajstić information content (AvgIpc) is 2.75. The molecular formula is C17H26N2OS. The smallest absolute Gasteiger partial charge is 0.178 e. The lowest BCUT2D eigenvalue weighted by atomic mass is 10.0. The normalized spacial score (nSPS) is 14.6. The molecule has 0 aliphatic heterocycles. The summed E-state index contributed by atoms with van der Waals surface area (Å²) in [5, 5.41) is 0. The summed E-state index contributed by atoms with van der Waals surface area (Å²) in [6.45, 7) is 10.8. The van der Waals surface area contributed by atoms with Crippen LogP contribution in [-0.4, -0.2) is 15.7 Å². The molecule has 2 aromatic rings. The summed E-state index contributed by atoms with van der Waals surface area (Å²) in [6, 6.07) is 6.53. The van der Waals surface area contributed by atoms with Gasteiger partial charge in [-0.3, -0.25) is 0 Å². The molecule has 2 atom stereocenters. The first-order valence-electron chi connectivity index (χ1n) is 7.83. The number of fused-ring (bicyclic) bond motifs is 1. The van der Waals surface area contributed by atoms with Crippen LogP contribution in [0.5, 0.6) is 5.75 Å². The summed E-state index contributed by atoms with van der Waals surface area (Å²) in [5.74, 6) is 1.57. The van der Waals surface area contributed by atoms with E-state index < -0.39 is 0 Å². The maximum Gasteiger partial charge on any atom is 0.178 e. The van der Waals surface area contributed by atoms with Crippen molar-refractivity contribution >= 4 is 23.3 Å². The van der Waals surface area contributed by atoms with Crippen molar-refractivity contribution in [3.05, 3.63) is 23.0 Å². The van der Waals surface area contributed by atoms with Crippen molar-refractivity contribution in [3.8, 4) is 5.75 Å². The minimum absolute atomic E-state index is 0.151. The predicted octanol–water partition coefficient (Wildman–Crippen LogP) is 5.48. The molecule has 0 saturated heterocycles. The minimum atomic E-state index is 0.151. The lowest BCUT2D eigenvalue weighted by Crippen LogP contribution is -2.09. The number of imidazole rings is 1. The molecule has 0 spiro atoms. The molecule has 2 unspecified atom stereocenters. The van der Waals surface area contributed by atoms with E-state index >= 15 is 0 Å². The number of ether oxygens (including phenoxy) is 1. The molecule has 0 aliphatic rings. The highest BCUT2D eigenvalue weighted by Crippen LogP contribution is 2.30. The molecule has 116 valence electrons. The van der Waals surface area contributed by atoms with Crippen molar-refractivity contribution in [2.45, 2.75) is 59.6 Å². The number of rotatable bonds is 6. The van der Waals surface area contributed by atoms with Gasteiger partial charge in [-0.05, 0) is 57.5 Å². The van der Waals surface area contributed by atoms with Crippen molar-refractivity contribution in [1.82, 2.24) is 9.55 Å². The summed E-state index contributed by atoms with van der Waals surface area (Å²) in [4.78, 5) is 3.33. The van der Waals surface area contributed by atoms with Gasteiger partial charge in [0, 0.05) is 6.04 Å². The third-order valence-electron chi connectivity index (χ3n) is 3.96. The number of hydrogen-bond acceptors (Lipinski definition) is 2. The molecule has 2 rings (SSSR count). The van der Waals surface area contributed by atoms with E-state index in [1.165, 1.54) is 6.42 Å². The number of H-pyrrole nitrogens is 1. The Hall–Kier alpha value is -1.29. The lowest BCUT2D eigenvalue weighted by molar-refractivity contribution is 0.245. The van der Waals surface area contributed by atoms with E-state index in [1.807, 2.05) is 26.0 Å². The molecule has 3 nitrogen and oxygen atoms in total. The van der Waals surface area contributed by atoms with Gasteiger partial charge in [-0.25, -0.2) is 0 Å². The van der Waals surface area contributed by atoms with Crippen LogP contribution >= 0.6 is 12.2 Å². The Kier molecular flexibility index (Phi) is 5.09. The van der Waals surface area contributed by atoms with Gasteiger partial charge in [0.25, 0.3) is 0 Å². The molecule has 0 aliphatic carbocycles. The van der Waals surface area contributed by atoms with Crippen LogP contribution in [0.2, 0.25) is 0 Å². The maximum absolute atomic E-state index is 5.89. The minimum Gasteiger partial charge on any atom is -0.489 e. The fourth-order valence-electron chi connectivity index (χ4n) is 2.77. The summed E-state index contributed by atoms with van der Waals surface area (Å²) in [5.41, 5.74) is 2.14. The van der Waals surface area contributed by atoms with Gasteiger partial charge >= 0.3 is 0 Å². The average molecular weight is 306 g/mol. The predicted molar refractivity (Wildman–Crippen MR) is 91.7 cm³/mol. The van der Waals surface area contributed by atoms with E-state index in [1.54, 1.807) is 0 Å². The van der Waals surface area contributed by atoms with Gasteiger partial charge in [-0.2, -0.15) is 0 Å². The zero-order chi connectivity index (χ0) is 15.6. The molecule has 0 amide bonds. The van der Waals surface area contributed by atoms with E-state index in [4.69, 9.17) is 17.0 Å².